The third-order valence-corrected chi connectivity index (χ3v) is 2.76. The topological polar surface area (TPSA) is 45.2 Å². The summed E-state index contributed by atoms with van der Waals surface area (Å²) >= 11 is 0. The molecule has 2 heterocycles. The summed E-state index contributed by atoms with van der Waals surface area (Å²) in [4.78, 5) is 17.9. The van der Waals surface area contributed by atoms with Gasteiger partial charge < -0.3 is 10.2 Å². The van der Waals surface area contributed by atoms with E-state index in [0.29, 0.717) is 0 Å². The molecule has 0 saturated carbocycles. The van der Waals surface area contributed by atoms with Gasteiger partial charge in [0.2, 0.25) is 5.91 Å². The van der Waals surface area contributed by atoms with Crippen LogP contribution in [0.15, 0.2) is 30.5 Å². The van der Waals surface area contributed by atoms with Crippen molar-refractivity contribution in [3.8, 4) is 0 Å². The van der Waals surface area contributed by atoms with Crippen LogP contribution in [0.4, 0.5) is 11.5 Å². The Morgan fingerprint density at radius 1 is 1.41 bits per heavy atom. The minimum Gasteiger partial charge on any atom is -0.357 e. The van der Waals surface area contributed by atoms with Crippen molar-refractivity contribution in [2.24, 2.45) is 0 Å². The van der Waals surface area contributed by atoms with Crippen LogP contribution in [0.25, 0.3) is 0 Å². The van der Waals surface area contributed by atoms with Crippen molar-refractivity contribution in [1.29, 1.82) is 0 Å². The summed E-state index contributed by atoms with van der Waals surface area (Å²) in [6, 6.07) is 3.85. The van der Waals surface area contributed by atoms with Gasteiger partial charge in [-0.2, -0.15) is 0 Å². The highest BCUT2D eigenvalue weighted by Crippen LogP contribution is 2.18. The van der Waals surface area contributed by atoms with Gasteiger partial charge in [-0.25, -0.2) is 4.98 Å². The summed E-state index contributed by atoms with van der Waals surface area (Å²) in [5.41, 5.74) is 0.732. The molecule has 1 saturated heterocycles. The lowest BCUT2D eigenvalue weighted by atomic mass is 10.3. The summed E-state index contributed by atoms with van der Waals surface area (Å²) in [5.74, 6) is 0.870. The van der Waals surface area contributed by atoms with Crippen molar-refractivity contribution >= 4 is 17.4 Å². The van der Waals surface area contributed by atoms with Crippen LogP contribution >= 0.6 is 0 Å². The summed E-state index contributed by atoms with van der Waals surface area (Å²) in [7, 11) is 0. The van der Waals surface area contributed by atoms with Crippen LogP contribution < -0.4 is 10.2 Å². The van der Waals surface area contributed by atoms with E-state index in [0.717, 1.165) is 24.6 Å². The molecule has 1 amide bonds. The third-order valence-electron chi connectivity index (χ3n) is 2.76. The maximum absolute atomic E-state index is 11.3. The van der Waals surface area contributed by atoms with Crippen LogP contribution in [-0.2, 0) is 4.79 Å². The first kappa shape index (κ1) is 11.6. The molecule has 1 aromatic rings. The van der Waals surface area contributed by atoms with E-state index in [1.54, 1.807) is 12.3 Å². The number of hydrogen-bond donors (Lipinski definition) is 1. The van der Waals surface area contributed by atoms with E-state index in [4.69, 9.17) is 0 Å². The first-order valence-electron chi connectivity index (χ1n) is 5.94. The number of aromatic nitrogens is 1. The second kappa shape index (κ2) is 5.48. The molecule has 0 unspecified atom stereocenters. The van der Waals surface area contributed by atoms with Crippen LogP contribution in [0.3, 0.4) is 0 Å². The SMILES string of the molecule is CC=CC(=O)Nc1ccc(N2CCCC2)nc1. The van der Waals surface area contributed by atoms with E-state index in [1.807, 2.05) is 19.1 Å². The summed E-state index contributed by atoms with van der Waals surface area (Å²) < 4.78 is 0. The molecule has 2 rings (SSSR count). The summed E-state index contributed by atoms with van der Waals surface area (Å²) in [5, 5.41) is 2.75. The van der Waals surface area contributed by atoms with E-state index >= 15 is 0 Å². The van der Waals surface area contributed by atoms with Gasteiger partial charge in [0.15, 0.2) is 0 Å². The Morgan fingerprint density at radius 2 is 2.18 bits per heavy atom. The predicted octanol–water partition coefficient (Wildman–Crippen LogP) is 2.20. The lowest BCUT2D eigenvalue weighted by Crippen LogP contribution is -2.18. The number of carbonyl (C=O) groups is 1. The van der Waals surface area contributed by atoms with Crippen molar-refractivity contribution in [3.05, 3.63) is 30.5 Å². The third kappa shape index (κ3) is 3.06. The van der Waals surface area contributed by atoms with Gasteiger partial charge in [-0.3, -0.25) is 4.79 Å². The Kier molecular flexibility index (Phi) is 3.75. The van der Waals surface area contributed by atoms with Crippen molar-refractivity contribution < 1.29 is 4.79 Å². The lowest BCUT2D eigenvalue weighted by molar-refractivity contribution is -0.111. The molecule has 0 aromatic carbocycles. The second-order valence-electron chi connectivity index (χ2n) is 4.09. The molecule has 0 bridgehead atoms. The van der Waals surface area contributed by atoms with Gasteiger partial charge in [-0.1, -0.05) is 6.08 Å². The molecule has 0 atom stereocenters. The highest BCUT2D eigenvalue weighted by molar-refractivity contribution is 5.99. The first-order valence-corrected chi connectivity index (χ1v) is 5.94. The minimum atomic E-state index is -0.122. The van der Waals surface area contributed by atoms with Gasteiger partial charge in [0, 0.05) is 13.1 Å². The molecular weight excluding hydrogens is 214 g/mol. The van der Waals surface area contributed by atoms with Crippen LogP contribution in [0, 0.1) is 0 Å². The maximum Gasteiger partial charge on any atom is 0.248 e. The van der Waals surface area contributed by atoms with Gasteiger partial charge >= 0.3 is 0 Å². The number of pyridine rings is 1. The van der Waals surface area contributed by atoms with Crippen molar-refractivity contribution in [3.63, 3.8) is 0 Å². The fourth-order valence-corrected chi connectivity index (χ4v) is 1.93. The van der Waals surface area contributed by atoms with E-state index in [-0.39, 0.29) is 5.91 Å². The second-order valence-corrected chi connectivity index (χ2v) is 4.09. The number of amides is 1. The molecule has 0 aliphatic carbocycles. The molecule has 17 heavy (non-hydrogen) atoms. The normalized spacial score (nSPS) is 15.5. The molecular formula is C13H17N3O. The molecule has 4 nitrogen and oxygen atoms in total. The first-order chi connectivity index (χ1) is 8.29. The Balaban J connectivity index is 1.99. The minimum absolute atomic E-state index is 0.122. The summed E-state index contributed by atoms with van der Waals surface area (Å²) in [6.07, 6.45) is 7.38. The number of allylic oxidation sites excluding steroid dienone is 1. The molecule has 1 fully saturated rings. The predicted molar refractivity (Wildman–Crippen MR) is 69.1 cm³/mol. The lowest BCUT2D eigenvalue weighted by Gasteiger charge is -2.16. The zero-order valence-electron chi connectivity index (χ0n) is 10.0. The molecule has 90 valence electrons. The van der Waals surface area contributed by atoms with Crippen LogP contribution in [0.5, 0.6) is 0 Å². The number of nitrogens with zero attached hydrogens (tertiary/aromatic N) is 2. The zero-order valence-corrected chi connectivity index (χ0v) is 10.0. The quantitative estimate of drug-likeness (QED) is 0.811. The van der Waals surface area contributed by atoms with E-state index in [2.05, 4.69) is 15.2 Å². The molecule has 4 heteroatoms. The highest BCUT2D eigenvalue weighted by Gasteiger charge is 2.12. The average molecular weight is 231 g/mol. The number of nitrogens with one attached hydrogen (secondary N) is 1. The number of hydrogen-bond acceptors (Lipinski definition) is 3. The molecule has 1 aliphatic rings. The fraction of sp³-hybridized carbons (Fsp3) is 0.385. The molecule has 1 aromatic heterocycles. The van der Waals surface area contributed by atoms with Gasteiger partial charge in [0.1, 0.15) is 5.82 Å². The Hall–Kier alpha value is -1.84. The van der Waals surface area contributed by atoms with E-state index in [9.17, 15) is 4.79 Å². The van der Waals surface area contributed by atoms with Gasteiger partial charge in [0.25, 0.3) is 0 Å². The molecule has 0 radical (unpaired) electrons. The largest absolute Gasteiger partial charge is 0.357 e. The average Bonchev–Trinajstić information content (AvgIpc) is 2.84. The van der Waals surface area contributed by atoms with E-state index in [1.165, 1.54) is 18.9 Å². The Bertz CT molecular complexity index is 405. The van der Waals surface area contributed by atoms with Gasteiger partial charge in [0.05, 0.1) is 11.9 Å². The number of carbonyl (C=O) groups excluding carboxylic acids is 1. The Labute approximate surface area is 101 Å². The van der Waals surface area contributed by atoms with Crippen LogP contribution in [-0.4, -0.2) is 24.0 Å². The van der Waals surface area contributed by atoms with Crippen LogP contribution in [0.2, 0.25) is 0 Å². The monoisotopic (exact) mass is 231 g/mol. The zero-order chi connectivity index (χ0) is 12.1. The number of rotatable bonds is 3. The standard InChI is InChI=1S/C13H17N3O/c1-2-5-13(17)15-11-6-7-12(14-10-11)16-8-3-4-9-16/h2,5-7,10H,3-4,8-9H2,1H3,(H,15,17). The van der Waals surface area contributed by atoms with Gasteiger partial charge in [-0.05, 0) is 38.0 Å². The summed E-state index contributed by atoms with van der Waals surface area (Å²) in [6.45, 7) is 3.98. The maximum atomic E-state index is 11.3. The smallest absolute Gasteiger partial charge is 0.248 e. The highest BCUT2D eigenvalue weighted by atomic mass is 16.1. The Morgan fingerprint density at radius 3 is 2.76 bits per heavy atom. The van der Waals surface area contributed by atoms with Gasteiger partial charge in [-0.15, -0.1) is 0 Å². The number of anilines is 2. The molecule has 1 N–H and O–H groups in total. The van der Waals surface area contributed by atoms with Crippen molar-refractivity contribution in [1.82, 2.24) is 4.98 Å². The molecule has 0 spiro atoms. The fourth-order valence-electron chi connectivity index (χ4n) is 1.93. The molecule has 1 aliphatic heterocycles. The van der Waals surface area contributed by atoms with Crippen LogP contribution in [0.1, 0.15) is 19.8 Å². The van der Waals surface area contributed by atoms with Crippen molar-refractivity contribution in [2.45, 2.75) is 19.8 Å². The van der Waals surface area contributed by atoms with E-state index < -0.39 is 0 Å². The van der Waals surface area contributed by atoms with Crippen molar-refractivity contribution in [2.75, 3.05) is 23.3 Å².